The fourth-order valence-electron chi connectivity index (χ4n) is 2.40. The first-order valence-corrected chi connectivity index (χ1v) is 8.28. The lowest BCUT2D eigenvalue weighted by Gasteiger charge is -2.09. The van der Waals surface area contributed by atoms with Crippen LogP contribution in [0.5, 0.6) is 0 Å². The Hall–Kier alpha value is -3.35. The number of urea groups is 1. The van der Waals surface area contributed by atoms with Gasteiger partial charge in [0.2, 0.25) is 5.90 Å². The number of carbonyl (C=O) groups is 2. The molecule has 0 spiro atoms. The summed E-state index contributed by atoms with van der Waals surface area (Å²) in [5, 5.41) is 5.45. The van der Waals surface area contributed by atoms with Crippen LogP contribution in [-0.4, -0.2) is 37.7 Å². The highest BCUT2D eigenvalue weighted by atomic mass is 16.5. The molecule has 2 aromatic rings. The Morgan fingerprint density at radius 1 is 1.04 bits per heavy atom. The van der Waals surface area contributed by atoms with E-state index in [9.17, 15) is 9.59 Å². The zero-order chi connectivity index (χ0) is 18.4. The number of aliphatic imine (C=N–C) groups is 1. The van der Waals surface area contributed by atoms with Gasteiger partial charge in [0.25, 0.3) is 0 Å². The Balaban J connectivity index is 1.56. The fourth-order valence-corrected chi connectivity index (χ4v) is 2.40. The minimum atomic E-state index is -0.389. The maximum absolute atomic E-state index is 12.1. The van der Waals surface area contributed by atoms with E-state index in [4.69, 9.17) is 9.47 Å². The summed E-state index contributed by atoms with van der Waals surface area (Å²) in [4.78, 5) is 27.9. The Kier molecular flexibility index (Phi) is 5.48. The van der Waals surface area contributed by atoms with Gasteiger partial charge in [0, 0.05) is 16.9 Å². The molecule has 0 atom stereocenters. The number of carbonyl (C=O) groups excluding carboxylic acids is 2. The molecule has 26 heavy (non-hydrogen) atoms. The van der Waals surface area contributed by atoms with Gasteiger partial charge in [0.1, 0.15) is 6.61 Å². The number of nitrogens with one attached hydrogen (secondary N) is 2. The van der Waals surface area contributed by atoms with E-state index in [0.29, 0.717) is 42.6 Å². The van der Waals surface area contributed by atoms with Crippen LogP contribution < -0.4 is 10.6 Å². The summed E-state index contributed by atoms with van der Waals surface area (Å²) in [5.41, 5.74) is 2.53. The molecule has 134 valence electrons. The third-order valence-electron chi connectivity index (χ3n) is 3.63. The highest BCUT2D eigenvalue weighted by Gasteiger charge is 2.11. The van der Waals surface area contributed by atoms with Crippen molar-refractivity contribution in [1.82, 2.24) is 0 Å². The molecule has 0 bridgehead atoms. The SMILES string of the molecule is CCOC(=O)c1ccc(NC(=O)Nc2ccc(C3=NCCO3)cc2)cc1. The molecule has 0 saturated heterocycles. The topological polar surface area (TPSA) is 89.0 Å². The molecule has 0 saturated carbocycles. The van der Waals surface area contributed by atoms with Crippen LogP contribution in [0.1, 0.15) is 22.8 Å². The van der Waals surface area contributed by atoms with Crippen LogP contribution in [-0.2, 0) is 9.47 Å². The molecule has 1 heterocycles. The van der Waals surface area contributed by atoms with Crippen LogP contribution in [0.3, 0.4) is 0 Å². The van der Waals surface area contributed by atoms with E-state index in [2.05, 4.69) is 15.6 Å². The largest absolute Gasteiger partial charge is 0.476 e. The van der Waals surface area contributed by atoms with Gasteiger partial charge in [-0.3, -0.25) is 0 Å². The van der Waals surface area contributed by atoms with Crippen LogP contribution >= 0.6 is 0 Å². The maximum atomic E-state index is 12.1. The van der Waals surface area contributed by atoms with E-state index in [1.165, 1.54) is 0 Å². The zero-order valence-electron chi connectivity index (χ0n) is 14.3. The predicted octanol–water partition coefficient (Wildman–Crippen LogP) is 3.28. The number of anilines is 2. The smallest absolute Gasteiger partial charge is 0.338 e. The van der Waals surface area contributed by atoms with Gasteiger partial charge in [-0.25, -0.2) is 14.6 Å². The third-order valence-corrected chi connectivity index (χ3v) is 3.63. The number of hydrogen-bond acceptors (Lipinski definition) is 5. The van der Waals surface area contributed by atoms with Crippen molar-refractivity contribution in [1.29, 1.82) is 0 Å². The van der Waals surface area contributed by atoms with Crippen molar-refractivity contribution in [3.8, 4) is 0 Å². The van der Waals surface area contributed by atoms with Gasteiger partial charge in [-0.1, -0.05) is 0 Å². The highest BCUT2D eigenvalue weighted by molar-refractivity contribution is 6.01. The number of hydrogen-bond donors (Lipinski definition) is 2. The molecular weight excluding hydrogens is 334 g/mol. The van der Waals surface area contributed by atoms with Crippen LogP contribution in [0.4, 0.5) is 16.2 Å². The summed E-state index contributed by atoms with van der Waals surface area (Å²) in [6.45, 7) is 3.35. The number of nitrogens with zero attached hydrogens (tertiary/aromatic N) is 1. The van der Waals surface area contributed by atoms with Gasteiger partial charge in [-0.15, -0.1) is 0 Å². The monoisotopic (exact) mass is 353 g/mol. The molecule has 1 aliphatic rings. The second-order valence-electron chi connectivity index (χ2n) is 5.49. The highest BCUT2D eigenvalue weighted by Crippen LogP contribution is 2.15. The van der Waals surface area contributed by atoms with Crippen LogP contribution in [0, 0.1) is 0 Å². The number of rotatable bonds is 5. The molecule has 7 heteroatoms. The molecule has 0 aliphatic carbocycles. The van der Waals surface area contributed by atoms with Gasteiger partial charge in [-0.2, -0.15) is 0 Å². The quantitative estimate of drug-likeness (QED) is 0.807. The van der Waals surface area contributed by atoms with Gasteiger partial charge in [0.05, 0.1) is 18.7 Å². The first-order valence-electron chi connectivity index (χ1n) is 8.28. The molecular formula is C19H19N3O4. The van der Waals surface area contributed by atoms with Gasteiger partial charge >= 0.3 is 12.0 Å². The molecule has 0 radical (unpaired) electrons. The molecule has 3 rings (SSSR count). The molecule has 1 aliphatic heterocycles. The first kappa shape index (κ1) is 17.5. The number of benzene rings is 2. The van der Waals surface area contributed by atoms with Crippen molar-refractivity contribution in [3.05, 3.63) is 59.7 Å². The Bertz CT molecular complexity index is 814. The minimum absolute atomic E-state index is 0.319. The molecule has 0 aromatic heterocycles. The summed E-state index contributed by atoms with van der Waals surface area (Å²) in [5.74, 6) is 0.238. The normalized spacial score (nSPS) is 12.7. The summed E-state index contributed by atoms with van der Waals surface area (Å²) in [7, 11) is 0. The van der Waals surface area contributed by atoms with Crippen molar-refractivity contribution in [2.75, 3.05) is 30.4 Å². The molecule has 2 N–H and O–H groups in total. The summed E-state index contributed by atoms with van der Waals surface area (Å²) in [6.07, 6.45) is 0. The predicted molar refractivity (Wildman–Crippen MR) is 98.8 cm³/mol. The van der Waals surface area contributed by atoms with Crippen LogP contribution in [0.15, 0.2) is 53.5 Å². The van der Waals surface area contributed by atoms with Crippen LogP contribution in [0.25, 0.3) is 0 Å². The van der Waals surface area contributed by atoms with E-state index in [1.807, 2.05) is 12.1 Å². The number of esters is 1. The van der Waals surface area contributed by atoms with Crippen molar-refractivity contribution >= 4 is 29.3 Å². The molecule has 2 aromatic carbocycles. The van der Waals surface area contributed by atoms with E-state index in [1.54, 1.807) is 43.3 Å². The Morgan fingerprint density at radius 2 is 1.65 bits per heavy atom. The van der Waals surface area contributed by atoms with E-state index < -0.39 is 0 Å². The standard InChI is InChI=1S/C19H19N3O4/c1-2-25-18(23)14-5-9-16(10-6-14)22-19(24)21-15-7-3-13(4-8-15)17-20-11-12-26-17/h3-10H,2,11-12H2,1H3,(H2,21,22,24). The van der Waals surface area contributed by atoms with Gasteiger partial charge in [0.15, 0.2) is 0 Å². The Morgan fingerprint density at radius 3 is 2.19 bits per heavy atom. The summed E-state index contributed by atoms with van der Waals surface area (Å²) < 4.78 is 10.3. The summed E-state index contributed by atoms with van der Waals surface area (Å²) >= 11 is 0. The second kappa shape index (κ2) is 8.15. The molecule has 0 fully saturated rings. The van der Waals surface area contributed by atoms with Crippen LogP contribution in [0.2, 0.25) is 0 Å². The van der Waals surface area contributed by atoms with Gasteiger partial charge < -0.3 is 20.1 Å². The van der Waals surface area contributed by atoms with E-state index >= 15 is 0 Å². The average Bonchev–Trinajstić information content (AvgIpc) is 3.18. The minimum Gasteiger partial charge on any atom is -0.476 e. The molecule has 2 amide bonds. The van der Waals surface area contributed by atoms with Crippen molar-refractivity contribution < 1.29 is 19.1 Å². The van der Waals surface area contributed by atoms with E-state index in [-0.39, 0.29) is 12.0 Å². The maximum Gasteiger partial charge on any atom is 0.338 e. The van der Waals surface area contributed by atoms with E-state index in [0.717, 1.165) is 5.56 Å². The first-order chi connectivity index (χ1) is 12.7. The van der Waals surface area contributed by atoms with Gasteiger partial charge in [-0.05, 0) is 55.5 Å². The summed E-state index contributed by atoms with van der Waals surface area (Å²) in [6, 6.07) is 13.4. The lowest BCUT2D eigenvalue weighted by Crippen LogP contribution is -2.19. The lowest BCUT2D eigenvalue weighted by molar-refractivity contribution is 0.0526. The van der Waals surface area contributed by atoms with Crippen molar-refractivity contribution in [2.45, 2.75) is 6.92 Å². The van der Waals surface area contributed by atoms with Crippen molar-refractivity contribution in [3.63, 3.8) is 0 Å². The molecule has 0 unspecified atom stereocenters. The lowest BCUT2D eigenvalue weighted by atomic mass is 10.2. The zero-order valence-corrected chi connectivity index (χ0v) is 14.3. The number of ether oxygens (including phenoxy) is 2. The van der Waals surface area contributed by atoms with Crippen molar-refractivity contribution in [2.24, 2.45) is 4.99 Å². The average molecular weight is 353 g/mol. The molecule has 7 nitrogen and oxygen atoms in total. The Labute approximate surface area is 151 Å². The number of amides is 2. The fraction of sp³-hybridized carbons (Fsp3) is 0.211. The third kappa shape index (κ3) is 4.38. The second-order valence-corrected chi connectivity index (χ2v) is 5.49.